The van der Waals surface area contributed by atoms with Crippen LogP contribution in [-0.4, -0.2) is 44.4 Å². The Morgan fingerprint density at radius 3 is 2.18 bits per heavy atom. The SMILES string of the molecule is O=P1(O)C(O)CC(O)C1CO. The zero-order valence-electron chi connectivity index (χ0n) is 5.79. The van der Waals surface area contributed by atoms with E-state index in [9.17, 15) is 4.57 Å². The highest BCUT2D eigenvalue weighted by molar-refractivity contribution is 7.59. The number of hydrogen-bond donors (Lipinski definition) is 4. The second-order valence-corrected chi connectivity index (χ2v) is 5.31. The van der Waals surface area contributed by atoms with Crippen molar-refractivity contribution < 1.29 is 24.8 Å². The Morgan fingerprint density at radius 1 is 1.45 bits per heavy atom. The molecule has 1 aliphatic rings. The van der Waals surface area contributed by atoms with Crippen molar-refractivity contribution in [1.29, 1.82) is 0 Å². The molecule has 11 heavy (non-hydrogen) atoms. The van der Waals surface area contributed by atoms with Crippen LogP contribution >= 0.6 is 7.37 Å². The van der Waals surface area contributed by atoms with Gasteiger partial charge in [-0.15, -0.1) is 0 Å². The smallest absolute Gasteiger partial charge is 0.236 e. The summed E-state index contributed by atoms with van der Waals surface area (Å²) in [6.07, 6.45) is -1.19. The number of rotatable bonds is 1. The van der Waals surface area contributed by atoms with Gasteiger partial charge in [0, 0.05) is 6.42 Å². The molecule has 4 unspecified atom stereocenters. The van der Waals surface area contributed by atoms with Crippen LogP contribution in [0.15, 0.2) is 0 Å². The van der Waals surface area contributed by atoms with Gasteiger partial charge in [0.05, 0.1) is 18.4 Å². The molecule has 1 heterocycles. The summed E-state index contributed by atoms with van der Waals surface area (Å²) in [4.78, 5) is 9.08. The first-order valence-corrected chi connectivity index (χ1v) is 5.09. The number of hydrogen-bond acceptors (Lipinski definition) is 4. The van der Waals surface area contributed by atoms with Crippen LogP contribution in [0.1, 0.15) is 6.42 Å². The Labute approximate surface area is 63.7 Å². The summed E-state index contributed by atoms with van der Waals surface area (Å²) in [7, 11) is -3.74. The van der Waals surface area contributed by atoms with Crippen molar-refractivity contribution >= 4 is 7.37 Å². The second kappa shape index (κ2) is 2.84. The van der Waals surface area contributed by atoms with Gasteiger partial charge in [-0.25, -0.2) is 0 Å². The molecule has 5 nitrogen and oxygen atoms in total. The van der Waals surface area contributed by atoms with E-state index in [1.807, 2.05) is 0 Å². The van der Waals surface area contributed by atoms with Crippen molar-refractivity contribution in [2.75, 3.05) is 6.61 Å². The first kappa shape index (κ1) is 9.16. The van der Waals surface area contributed by atoms with Crippen LogP contribution in [0.25, 0.3) is 0 Å². The summed E-state index contributed by atoms with van der Waals surface area (Å²) in [6.45, 7) is -0.563. The molecule has 6 heteroatoms. The molecule has 1 aliphatic heterocycles. The van der Waals surface area contributed by atoms with Gasteiger partial charge in [0.1, 0.15) is 5.85 Å². The van der Waals surface area contributed by atoms with E-state index in [1.54, 1.807) is 0 Å². The molecule has 1 saturated heterocycles. The van der Waals surface area contributed by atoms with E-state index in [0.29, 0.717) is 0 Å². The first-order valence-electron chi connectivity index (χ1n) is 3.29. The van der Waals surface area contributed by atoms with Crippen molar-refractivity contribution in [3.63, 3.8) is 0 Å². The van der Waals surface area contributed by atoms with Gasteiger partial charge in [-0.1, -0.05) is 0 Å². The number of aliphatic hydroxyl groups is 3. The Balaban J connectivity index is 2.85. The van der Waals surface area contributed by atoms with E-state index in [2.05, 4.69) is 0 Å². The molecular weight excluding hydrogens is 171 g/mol. The Morgan fingerprint density at radius 2 is 2.00 bits per heavy atom. The monoisotopic (exact) mass is 182 g/mol. The molecule has 0 aromatic heterocycles. The molecule has 4 N–H and O–H groups in total. The molecule has 0 aromatic carbocycles. The van der Waals surface area contributed by atoms with Gasteiger partial charge in [0.15, 0.2) is 0 Å². The van der Waals surface area contributed by atoms with E-state index >= 15 is 0 Å². The van der Waals surface area contributed by atoms with Gasteiger partial charge in [0.25, 0.3) is 0 Å². The molecule has 0 radical (unpaired) electrons. The Kier molecular flexibility index (Phi) is 2.37. The summed E-state index contributed by atoms with van der Waals surface area (Å²) in [5.41, 5.74) is -1.07. The molecule has 1 rings (SSSR count). The van der Waals surface area contributed by atoms with E-state index in [-0.39, 0.29) is 6.42 Å². The third-order valence-corrected chi connectivity index (χ3v) is 4.51. The average molecular weight is 182 g/mol. The van der Waals surface area contributed by atoms with Crippen LogP contribution in [0.4, 0.5) is 0 Å². The van der Waals surface area contributed by atoms with Crippen LogP contribution in [0.5, 0.6) is 0 Å². The van der Waals surface area contributed by atoms with Gasteiger partial charge >= 0.3 is 0 Å². The van der Waals surface area contributed by atoms with Crippen molar-refractivity contribution in [2.45, 2.75) is 24.0 Å². The van der Waals surface area contributed by atoms with E-state index < -0.39 is 31.6 Å². The number of aliphatic hydroxyl groups excluding tert-OH is 3. The van der Waals surface area contributed by atoms with Crippen molar-refractivity contribution in [2.24, 2.45) is 0 Å². The summed E-state index contributed by atoms with van der Waals surface area (Å²) >= 11 is 0. The second-order valence-electron chi connectivity index (χ2n) is 2.71. The van der Waals surface area contributed by atoms with Crippen LogP contribution in [0.2, 0.25) is 0 Å². The van der Waals surface area contributed by atoms with Gasteiger partial charge in [-0.3, -0.25) is 4.57 Å². The predicted molar refractivity (Wildman–Crippen MR) is 37.3 cm³/mol. The minimum atomic E-state index is -3.74. The van der Waals surface area contributed by atoms with Gasteiger partial charge in [-0.05, 0) is 0 Å². The van der Waals surface area contributed by atoms with Crippen molar-refractivity contribution in [1.82, 2.24) is 0 Å². The van der Waals surface area contributed by atoms with E-state index in [0.717, 1.165) is 0 Å². The first-order chi connectivity index (χ1) is 5.00. The lowest BCUT2D eigenvalue weighted by molar-refractivity contribution is 0.118. The van der Waals surface area contributed by atoms with Crippen molar-refractivity contribution in [3.8, 4) is 0 Å². The lowest BCUT2D eigenvalue weighted by Crippen LogP contribution is -2.22. The third-order valence-electron chi connectivity index (χ3n) is 1.99. The molecular formula is C5H11O5P. The van der Waals surface area contributed by atoms with Crippen LogP contribution in [0, 0.1) is 0 Å². The highest BCUT2D eigenvalue weighted by Gasteiger charge is 2.49. The average Bonchev–Trinajstić information content (AvgIpc) is 2.04. The lowest BCUT2D eigenvalue weighted by atomic mass is 10.2. The topological polar surface area (TPSA) is 98.0 Å². The molecule has 1 fully saturated rings. The minimum absolute atomic E-state index is 0.126. The molecule has 4 atom stereocenters. The molecule has 0 aromatic rings. The lowest BCUT2D eigenvalue weighted by Gasteiger charge is -2.15. The maximum Gasteiger partial charge on any atom is 0.236 e. The predicted octanol–water partition coefficient (Wildman–Crippen LogP) is -1.30. The van der Waals surface area contributed by atoms with E-state index in [1.165, 1.54) is 0 Å². The van der Waals surface area contributed by atoms with Crippen LogP contribution in [0.3, 0.4) is 0 Å². The van der Waals surface area contributed by atoms with Crippen LogP contribution in [-0.2, 0) is 4.57 Å². The third kappa shape index (κ3) is 1.35. The molecule has 0 amide bonds. The maximum absolute atomic E-state index is 11.1. The fourth-order valence-electron chi connectivity index (χ4n) is 1.23. The quantitative estimate of drug-likeness (QED) is 0.378. The summed E-state index contributed by atoms with van der Waals surface area (Å²) < 4.78 is 11.1. The van der Waals surface area contributed by atoms with Gasteiger partial charge in [-0.2, -0.15) is 0 Å². The zero-order chi connectivity index (χ0) is 8.65. The summed E-state index contributed by atoms with van der Waals surface area (Å²) in [5, 5.41) is 26.6. The van der Waals surface area contributed by atoms with E-state index in [4.69, 9.17) is 20.2 Å². The normalized spacial score (nSPS) is 51.5. The molecule has 0 aliphatic carbocycles. The summed E-state index contributed by atoms with van der Waals surface area (Å²) in [5.74, 6) is -1.38. The fourth-order valence-corrected chi connectivity index (χ4v) is 3.04. The Hall–Kier alpha value is 0.0700. The van der Waals surface area contributed by atoms with Gasteiger partial charge < -0.3 is 20.2 Å². The maximum atomic E-state index is 11.1. The highest BCUT2D eigenvalue weighted by atomic mass is 31.2. The summed E-state index contributed by atoms with van der Waals surface area (Å²) in [6, 6.07) is 0. The standard InChI is InChI=1S/C5H11O5P/c6-2-4-3(7)1-5(8)11(4,9)10/h3-8H,1-2H2,(H,9,10). The fraction of sp³-hybridized carbons (Fsp3) is 1.00. The molecule has 0 saturated carbocycles. The molecule has 0 spiro atoms. The zero-order valence-corrected chi connectivity index (χ0v) is 6.69. The Bertz CT molecular complexity index is 193. The van der Waals surface area contributed by atoms with Crippen molar-refractivity contribution in [3.05, 3.63) is 0 Å². The van der Waals surface area contributed by atoms with Crippen LogP contribution < -0.4 is 0 Å². The molecule has 0 bridgehead atoms. The largest absolute Gasteiger partial charge is 0.395 e. The highest BCUT2D eigenvalue weighted by Crippen LogP contribution is 2.58. The molecule has 66 valence electrons. The van der Waals surface area contributed by atoms with Gasteiger partial charge in [0.2, 0.25) is 7.37 Å². The minimum Gasteiger partial charge on any atom is -0.395 e.